The largest absolute Gasteiger partial charge is 0.478 e. The SMILES string of the molecule is CCC(O)(CC)CNc1cc(C(=O)O)cc(C)n1. The smallest absolute Gasteiger partial charge is 0.335 e. The summed E-state index contributed by atoms with van der Waals surface area (Å²) in [5.41, 5.74) is 0.0462. The second-order valence-corrected chi connectivity index (χ2v) is 4.47. The number of pyridine rings is 1. The van der Waals surface area contributed by atoms with Gasteiger partial charge in [0.25, 0.3) is 0 Å². The van der Waals surface area contributed by atoms with Gasteiger partial charge >= 0.3 is 5.97 Å². The van der Waals surface area contributed by atoms with Gasteiger partial charge in [-0.2, -0.15) is 0 Å². The molecular formula is C13H20N2O3. The number of anilines is 1. The Balaban J connectivity index is 2.82. The maximum absolute atomic E-state index is 10.9. The van der Waals surface area contributed by atoms with Crippen molar-refractivity contribution in [2.45, 2.75) is 39.2 Å². The van der Waals surface area contributed by atoms with E-state index in [1.54, 1.807) is 6.92 Å². The average molecular weight is 252 g/mol. The molecule has 0 aliphatic rings. The van der Waals surface area contributed by atoms with Crippen molar-refractivity contribution in [3.63, 3.8) is 0 Å². The van der Waals surface area contributed by atoms with Crippen molar-refractivity contribution in [1.29, 1.82) is 0 Å². The fourth-order valence-corrected chi connectivity index (χ4v) is 1.64. The molecule has 100 valence electrons. The van der Waals surface area contributed by atoms with Gasteiger partial charge < -0.3 is 15.5 Å². The number of nitrogens with one attached hydrogen (secondary N) is 1. The summed E-state index contributed by atoms with van der Waals surface area (Å²) in [5.74, 6) is -0.502. The molecule has 0 atom stereocenters. The standard InChI is InChI=1S/C13H20N2O3/c1-4-13(18,5-2)8-14-11-7-10(12(16)17)6-9(3)15-11/h6-7,18H,4-5,8H2,1-3H3,(H,14,15)(H,16,17). The van der Waals surface area contributed by atoms with Gasteiger partial charge in [-0.3, -0.25) is 0 Å². The molecule has 1 aromatic rings. The highest BCUT2D eigenvalue weighted by molar-refractivity contribution is 5.88. The first kappa shape index (κ1) is 14.4. The van der Waals surface area contributed by atoms with Crippen LogP contribution in [0.5, 0.6) is 0 Å². The van der Waals surface area contributed by atoms with Crippen LogP contribution in [0.3, 0.4) is 0 Å². The van der Waals surface area contributed by atoms with Crippen LogP contribution in [0, 0.1) is 6.92 Å². The van der Waals surface area contributed by atoms with Gasteiger partial charge in [0, 0.05) is 12.2 Å². The summed E-state index contributed by atoms with van der Waals surface area (Å²) in [7, 11) is 0. The Bertz CT molecular complexity index is 428. The minimum atomic E-state index is -0.982. The van der Waals surface area contributed by atoms with Crippen molar-refractivity contribution in [2.75, 3.05) is 11.9 Å². The van der Waals surface area contributed by atoms with Gasteiger partial charge in [-0.15, -0.1) is 0 Å². The van der Waals surface area contributed by atoms with Crippen LogP contribution in [0.1, 0.15) is 42.7 Å². The summed E-state index contributed by atoms with van der Waals surface area (Å²) in [6.07, 6.45) is 1.27. The molecule has 1 aromatic heterocycles. The number of nitrogens with zero attached hydrogens (tertiary/aromatic N) is 1. The summed E-state index contributed by atoms with van der Waals surface area (Å²) in [6, 6.07) is 2.99. The lowest BCUT2D eigenvalue weighted by Crippen LogP contribution is -2.35. The fraction of sp³-hybridized carbons (Fsp3) is 0.538. The predicted octanol–water partition coefficient (Wildman–Crippen LogP) is 2.05. The Labute approximate surface area is 107 Å². The molecule has 18 heavy (non-hydrogen) atoms. The lowest BCUT2D eigenvalue weighted by atomic mass is 9.98. The summed E-state index contributed by atoms with van der Waals surface area (Å²) in [5, 5.41) is 22.1. The first-order chi connectivity index (χ1) is 8.40. The van der Waals surface area contributed by atoms with Crippen LogP contribution in [-0.4, -0.2) is 33.3 Å². The Morgan fingerprint density at radius 1 is 1.39 bits per heavy atom. The van der Waals surface area contributed by atoms with Gasteiger partial charge in [-0.25, -0.2) is 9.78 Å². The molecule has 0 unspecified atom stereocenters. The van der Waals surface area contributed by atoms with E-state index in [9.17, 15) is 9.90 Å². The third-order valence-corrected chi connectivity index (χ3v) is 3.12. The number of carbonyl (C=O) groups is 1. The van der Waals surface area contributed by atoms with Crippen molar-refractivity contribution in [2.24, 2.45) is 0 Å². The molecule has 0 fully saturated rings. The predicted molar refractivity (Wildman–Crippen MR) is 70.0 cm³/mol. The molecule has 1 heterocycles. The second-order valence-electron chi connectivity index (χ2n) is 4.47. The first-order valence-corrected chi connectivity index (χ1v) is 6.08. The van der Waals surface area contributed by atoms with Gasteiger partial charge in [-0.1, -0.05) is 13.8 Å². The molecule has 0 radical (unpaired) electrons. The quantitative estimate of drug-likeness (QED) is 0.721. The van der Waals surface area contributed by atoms with E-state index in [0.29, 0.717) is 30.9 Å². The third-order valence-electron chi connectivity index (χ3n) is 3.12. The first-order valence-electron chi connectivity index (χ1n) is 6.08. The van der Waals surface area contributed by atoms with Crippen molar-refractivity contribution in [1.82, 2.24) is 4.98 Å². The van der Waals surface area contributed by atoms with E-state index in [0.717, 1.165) is 0 Å². The van der Waals surface area contributed by atoms with Gasteiger partial charge in [0.2, 0.25) is 0 Å². The lowest BCUT2D eigenvalue weighted by molar-refractivity contribution is 0.0456. The van der Waals surface area contributed by atoms with E-state index in [1.807, 2.05) is 13.8 Å². The second kappa shape index (κ2) is 5.82. The molecule has 0 aromatic carbocycles. The van der Waals surface area contributed by atoms with Crippen molar-refractivity contribution in [3.8, 4) is 0 Å². The number of carboxylic acid groups (broad SMARTS) is 1. The van der Waals surface area contributed by atoms with E-state index in [-0.39, 0.29) is 5.56 Å². The molecule has 0 amide bonds. The number of aromatic carboxylic acids is 1. The lowest BCUT2D eigenvalue weighted by Gasteiger charge is -2.25. The van der Waals surface area contributed by atoms with E-state index < -0.39 is 11.6 Å². The zero-order chi connectivity index (χ0) is 13.8. The zero-order valence-electron chi connectivity index (χ0n) is 11.0. The molecule has 0 aliphatic carbocycles. The van der Waals surface area contributed by atoms with Crippen LogP contribution < -0.4 is 5.32 Å². The molecule has 0 bridgehead atoms. The summed E-state index contributed by atoms with van der Waals surface area (Å²) in [4.78, 5) is 15.1. The van der Waals surface area contributed by atoms with Gasteiger partial charge in [0.15, 0.2) is 0 Å². The summed E-state index contributed by atoms with van der Waals surface area (Å²) < 4.78 is 0. The average Bonchev–Trinajstić information content (AvgIpc) is 2.35. The van der Waals surface area contributed by atoms with Crippen LogP contribution in [0.2, 0.25) is 0 Å². The van der Waals surface area contributed by atoms with Crippen LogP contribution in [0.25, 0.3) is 0 Å². The molecule has 5 nitrogen and oxygen atoms in total. The number of aryl methyl sites for hydroxylation is 1. The van der Waals surface area contributed by atoms with Gasteiger partial charge in [-0.05, 0) is 31.9 Å². The summed E-state index contributed by atoms with van der Waals surface area (Å²) >= 11 is 0. The van der Waals surface area contributed by atoms with Crippen LogP contribution >= 0.6 is 0 Å². The molecular weight excluding hydrogens is 232 g/mol. The molecule has 5 heteroatoms. The summed E-state index contributed by atoms with van der Waals surface area (Å²) in [6.45, 7) is 5.92. The molecule has 0 saturated heterocycles. The van der Waals surface area contributed by atoms with Crippen LogP contribution in [0.4, 0.5) is 5.82 Å². The highest BCUT2D eigenvalue weighted by atomic mass is 16.4. The maximum Gasteiger partial charge on any atom is 0.335 e. The minimum absolute atomic E-state index is 0.196. The molecule has 0 spiro atoms. The van der Waals surface area contributed by atoms with E-state index >= 15 is 0 Å². The number of aliphatic hydroxyl groups is 1. The number of hydrogen-bond acceptors (Lipinski definition) is 4. The topological polar surface area (TPSA) is 82.5 Å². The Morgan fingerprint density at radius 3 is 2.50 bits per heavy atom. The fourth-order valence-electron chi connectivity index (χ4n) is 1.64. The number of rotatable bonds is 6. The Kier molecular flexibility index (Phi) is 4.67. The van der Waals surface area contributed by atoms with Gasteiger partial charge in [0.1, 0.15) is 5.82 Å². The van der Waals surface area contributed by atoms with E-state index in [2.05, 4.69) is 10.3 Å². The van der Waals surface area contributed by atoms with E-state index in [4.69, 9.17) is 5.11 Å². The van der Waals surface area contributed by atoms with Crippen LogP contribution in [0.15, 0.2) is 12.1 Å². The number of aromatic nitrogens is 1. The third kappa shape index (κ3) is 3.70. The van der Waals surface area contributed by atoms with Crippen molar-refractivity contribution in [3.05, 3.63) is 23.4 Å². The number of hydrogen-bond donors (Lipinski definition) is 3. The van der Waals surface area contributed by atoms with E-state index in [1.165, 1.54) is 12.1 Å². The zero-order valence-corrected chi connectivity index (χ0v) is 11.0. The maximum atomic E-state index is 10.9. The van der Waals surface area contributed by atoms with Crippen molar-refractivity contribution < 1.29 is 15.0 Å². The van der Waals surface area contributed by atoms with Gasteiger partial charge in [0.05, 0.1) is 11.2 Å². The Morgan fingerprint density at radius 2 is 2.00 bits per heavy atom. The number of carboxylic acids is 1. The van der Waals surface area contributed by atoms with Crippen molar-refractivity contribution >= 4 is 11.8 Å². The minimum Gasteiger partial charge on any atom is -0.478 e. The van der Waals surface area contributed by atoms with Crippen LogP contribution in [-0.2, 0) is 0 Å². The Hall–Kier alpha value is -1.62. The molecule has 0 saturated carbocycles. The monoisotopic (exact) mass is 252 g/mol. The highest BCUT2D eigenvalue weighted by Crippen LogP contribution is 2.16. The molecule has 1 rings (SSSR count). The molecule has 3 N–H and O–H groups in total. The normalized spacial score (nSPS) is 11.3. The molecule has 0 aliphatic heterocycles. The highest BCUT2D eigenvalue weighted by Gasteiger charge is 2.22.